The average Bonchev–Trinajstić information content (AvgIpc) is 2.74. The zero-order valence-electron chi connectivity index (χ0n) is 19.3. The molecule has 2 aromatic rings. The van der Waals surface area contributed by atoms with Crippen molar-refractivity contribution in [2.24, 2.45) is 17.3 Å². The molecule has 38 heavy (non-hydrogen) atoms. The summed E-state index contributed by atoms with van der Waals surface area (Å²) in [5, 5.41) is 10.4. The molecule has 0 saturated heterocycles. The van der Waals surface area contributed by atoms with Crippen molar-refractivity contribution in [2.45, 2.75) is 49.0 Å². The van der Waals surface area contributed by atoms with Crippen LogP contribution in [0.25, 0.3) is 0 Å². The van der Waals surface area contributed by atoms with Gasteiger partial charge in [-0.25, -0.2) is 4.79 Å². The van der Waals surface area contributed by atoms with E-state index in [1.807, 2.05) is 45.2 Å². The van der Waals surface area contributed by atoms with Crippen molar-refractivity contribution in [2.75, 3.05) is 0 Å². The number of ether oxygens (including phenoxy) is 2. The number of aromatic hydroxyl groups is 1. The summed E-state index contributed by atoms with van der Waals surface area (Å²) < 4.78 is 47.3. The number of phenols is 1. The highest BCUT2D eigenvalue weighted by Gasteiger charge is 2.63. The summed E-state index contributed by atoms with van der Waals surface area (Å²) >= 11 is 9.65. The Balaban J connectivity index is 1.42. The Labute approximate surface area is 287 Å². The van der Waals surface area contributed by atoms with E-state index >= 15 is 0 Å². The summed E-state index contributed by atoms with van der Waals surface area (Å²) in [6.07, 6.45) is 4.01. The number of phenolic OH excluding ortho intramolecular Hbond substituents is 1. The Morgan fingerprint density at radius 1 is 0.895 bits per heavy atom. The number of benzene rings is 2. The first-order valence-electron chi connectivity index (χ1n) is 11.4. The first kappa shape index (κ1) is 30.2. The van der Waals surface area contributed by atoms with E-state index in [0.717, 1.165) is 6.42 Å². The molecule has 2 aromatic carbocycles. The van der Waals surface area contributed by atoms with E-state index in [-0.39, 0.29) is 35.4 Å². The fourth-order valence-corrected chi connectivity index (χ4v) is 14.4. The lowest BCUT2D eigenvalue weighted by Crippen LogP contribution is -2.60. The summed E-state index contributed by atoms with van der Waals surface area (Å²) in [6, 6.07) is 4.59. The lowest BCUT2D eigenvalue weighted by molar-refractivity contribution is -0.189. The van der Waals surface area contributed by atoms with E-state index in [2.05, 4.69) is 22.6 Å². The first-order valence-corrected chi connectivity index (χ1v) is 18.2. The molecule has 0 heterocycles. The van der Waals surface area contributed by atoms with Crippen LogP contribution in [0.1, 0.15) is 48.9 Å². The molecule has 4 bridgehead atoms. The third-order valence-corrected chi connectivity index (χ3v) is 13.7. The van der Waals surface area contributed by atoms with Gasteiger partial charge in [-0.3, -0.25) is 9.35 Å². The molecule has 4 fully saturated rings. The Morgan fingerprint density at radius 3 is 2.03 bits per heavy atom. The second-order valence-electron chi connectivity index (χ2n) is 10.3. The molecule has 14 heteroatoms. The lowest BCUT2D eigenvalue weighted by Gasteiger charge is -2.59. The van der Waals surface area contributed by atoms with E-state index in [4.69, 9.17) is 9.47 Å². The molecule has 2 atom stereocenters. The van der Waals surface area contributed by atoms with Crippen molar-refractivity contribution in [1.82, 2.24) is 0 Å². The van der Waals surface area contributed by atoms with E-state index < -0.39 is 33.1 Å². The van der Waals surface area contributed by atoms with E-state index in [0.29, 0.717) is 48.4 Å². The Morgan fingerprint density at radius 2 is 1.47 bits per heavy atom. The molecule has 0 aromatic heterocycles. The van der Waals surface area contributed by atoms with Crippen molar-refractivity contribution in [3.63, 3.8) is 0 Å². The van der Waals surface area contributed by atoms with Crippen LogP contribution in [-0.4, -0.2) is 35.6 Å². The normalized spacial score (nSPS) is 27.8. The second kappa shape index (κ2) is 10.8. The minimum atomic E-state index is -4.42. The van der Waals surface area contributed by atoms with Gasteiger partial charge in [0, 0.05) is 17.1 Å². The molecule has 0 amide bonds. The van der Waals surface area contributed by atoms with Gasteiger partial charge >= 0.3 is 11.9 Å². The Kier molecular flexibility index (Phi) is 8.57. The van der Waals surface area contributed by atoms with Crippen LogP contribution >= 0.6 is 113 Å². The lowest BCUT2D eigenvalue weighted by atomic mass is 9.48. The van der Waals surface area contributed by atoms with Gasteiger partial charge in [0.25, 0.3) is 10.1 Å². The minimum Gasteiger partial charge on any atom is -0.506 e. The minimum absolute atomic E-state index is 0.0495. The zero-order valence-corrected chi connectivity index (χ0v) is 30.9. The molecular formula is C24H19I5O8S. The summed E-state index contributed by atoms with van der Waals surface area (Å²) in [7, 11) is -4.42. The number of rotatable bonds is 5. The van der Waals surface area contributed by atoms with Crippen molar-refractivity contribution < 1.29 is 37.1 Å². The van der Waals surface area contributed by atoms with Crippen LogP contribution < -0.4 is 4.74 Å². The monoisotopic (exact) mass is 1100 g/mol. The second-order valence-corrected chi connectivity index (χ2v) is 17.4. The fourth-order valence-electron chi connectivity index (χ4n) is 6.61. The topological polar surface area (TPSA) is 127 Å². The fraction of sp³-hybridized carbons (Fsp3) is 0.417. The molecule has 6 rings (SSSR count). The number of halogens is 5. The van der Waals surface area contributed by atoms with Crippen molar-refractivity contribution in [3.05, 3.63) is 41.6 Å². The SMILES string of the molecule is O=C(OC12CC3CC(C1)CC(C(=O)Oc1cc(I)c(S(=O)(=O)O)c(I)c1)(C3)C2)c1c(I)cc(I)c(O)c1I. The molecule has 0 spiro atoms. The third kappa shape index (κ3) is 5.58. The van der Waals surface area contributed by atoms with Gasteiger partial charge in [0.05, 0.1) is 18.1 Å². The van der Waals surface area contributed by atoms with Gasteiger partial charge in [0.15, 0.2) is 0 Å². The van der Waals surface area contributed by atoms with Crippen LogP contribution in [0.3, 0.4) is 0 Å². The summed E-state index contributed by atoms with van der Waals surface area (Å²) in [5.74, 6) is -0.204. The van der Waals surface area contributed by atoms with Crippen LogP contribution in [0.15, 0.2) is 23.1 Å². The van der Waals surface area contributed by atoms with Gasteiger partial charge in [-0.15, -0.1) is 0 Å². The maximum Gasteiger partial charge on any atom is 0.340 e. The molecule has 4 aliphatic carbocycles. The van der Waals surface area contributed by atoms with Gasteiger partial charge in [-0.05, 0) is 175 Å². The average molecular weight is 1100 g/mol. The predicted molar refractivity (Wildman–Crippen MR) is 179 cm³/mol. The van der Waals surface area contributed by atoms with Gasteiger partial charge in [0.2, 0.25) is 0 Å². The smallest absolute Gasteiger partial charge is 0.340 e. The summed E-state index contributed by atoms with van der Waals surface area (Å²) in [4.78, 5) is 26.9. The number of carbonyl (C=O) groups is 2. The van der Waals surface area contributed by atoms with Crippen LogP contribution in [0.5, 0.6) is 11.5 Å². The van der Waals surface area contributed by atoms with Crippen molar-refractivity contribution in [1.29, 1.82) is 0 Å². The zero-order chi connectivity index (χ0) is 27.8. The number of hydrogen-bond donors (Lipinski definition) is 2. The molecule has 4 aliphatic rings. The van der Waals surface area contributed by atoms with Crippen molar-refractivity contribution in [3.8, 4) is 11.5 Å². The summed E-state index contributed by atoms with van der Waals surface area (Å²) in [5.41, 5.74) is -1.26. The van der Waals surface area contributed by atoms with Crippen LogP contribution in [0.4, 0.5) is 0 Å². The van der Waals surface area contributed by atoms with Gasteiger partial charge in [-0.1, -0.05) is 0 Å². The predicted octanol–water partition coefficient (Wildman–Crippen LogP) is 6.76. The molecule has 204 valence electrons. The number of carbonyl (C=O) groups excluding carboxylic acids is 2. The number of hydrogen-bond acceptors (Lipinski definition) is 7. The highest BCUT2D eigenvalue weighted by Crippen LogP contribution is 2.63. The van der Waals surface area contributed by atoms with Crippen LogP contribution in [0.2, 0.25) is 0 Å². The van der Waals surface area contributed by atoms with E-state index in [1.165, 1.54) is 12.1 Å². The van der Waals surface area contributed by atoms with Crippen molar-refractivity contribution >= 4 is 135 Å². The quantitative estimate of drug-likeness (QED) is 0.146. The third-order valence-electron chi connectivity index (χ3n) is 7.54. The highest BCUT2D eigenvalue weighted by atomic mass is 127. The highest BCUT2D eigenvalue weighted by molar-refractivity contribution is 14.1. The van der Waals surface area contributed by atoms with Crippen LogP contribution in [-0.2, 0) is 19.6 Å². The molecule has 8 nitrogen and oxygen atoms in total. The van der Waals surface area contributed by atoms with Crippen LogP contribution in [0, 0.1) is 35.1 Å². The molecular weight excluding hydrogens is 1080 g/mol. The first-order chi connectivity index (χ1) is 17.6. The van der Waals surface area contributed by atoms with E-state index in [9.17, 15) is 27.7 Å². The molecule has 2 unspecified atom stereocenters. The number of esters is 2. The van der Waals surface area contributed by atoms with E-state index in [1.54, 1.807) is 51.2 Å². The Hall–Kier alpha value is 0.740. The molecule has 0 aliphatic heterocycles. The summed E-state index contributed by atoms with van der Waals surface area (Å²) in [6.45, 7) is 0. The maximum absolute atomic E-state index is 13.7. The molecule has 4 saturated carbocycles. The molecule has 0 radical (unpaired) electrons. The van der Waals surface area contributed by atoms with Gasteiger partial charge in [-0.2, -0.15) is 8.42 Å². The maximum atomic E-state index is 13.7. The van der Waals surface area contributed by atoms with Gasteiger partial charge < -0.3 is 14.6 Å². The molecule has 2 N–H and O–H groups in total. The Bertz CT molecular complexity index is 1450. The van der Waals surface area contributed by atoms with Gasteiger partial charge in [0.1, 0.15) is 22.0 Å². The largest absolute Gasteiger partial charge is 0.506 e. The standard InChI is InChI=1S/C24H19I5O8S/c25-13-4-14(26)19(30)18(29)17(13)21(31)37-24-7-10-1-11(8-24)6-23(5-10,9-24)22(32)36-12-2-15(27)20(16(28)3-12)38(33,34)35/h2-4,10-11,30H,1,5-9H2,(H,33,34,35).